The van der Waals surface area contributed by atoms with E-state index in [1.807, 2.05) is 0 Å². The zero-order valence-corrected chi connectivity index (χ0v) is 13.4. The number of hydrogen-bond donors (Lipinski definition) is 1. The first kappa shape index (κ1) is 15.6. The summed E-state index contributed by atoms with van der Waals surface area (Å²) in [6, 6.07) is 4.57. The van der Waals surface area contributed by atoms with Crippen LogP contribution in [-0.4, -0.2) is 46.7 Å². The Kier molecular flexibility index (Phi) is 5.25. The molecule has 112 valence electrons. The predicted octanol–water partition coefficient (Wildman–Crippen LogP) is 1.15. The number of ether oxygens (including phenoxy) is 3. The van der Waals surface area contributed by atoms with Crippen molar-refractivity contribution in [3.05, 3.63) is 18.2 Å². The molecule has 0 saturated heterocycles. The molecule has 1 aliphatic heterocycles. The van der Waals surface area contributed by atoms with Gasteiger partial charge in [0.15, 0.2) is 11.5 Å². The lowest BCUT2D eigenvalue weighted by molar-refractivity contribution is 0.171. The maximum Gasteiger partial charge on any atom is 0.240 e. The Balaban J connectivity index is 2.09. The third-order valence-electron chi connectivity index (χ3n) is 2.67. The average molecular weight is 366 g/mol. The van der Waals surface area contributed by atoms with Crippen molar-refractivity contribution in [2.75, 3.05) is 33.5 Å². The van der Waals surface area contributed by atoms with Crippen molar-refractivity contribution < 1.29 is 22.6 Å². The summed E-state index contributed by atoms with van der Waals surface area (Å²) in [6.45, 7) is 1.55. The van der Waals surface area contributed by atoms with E-state index in [-0.39, 0.29) is 16.3 Å². The first-order valence-electron chi connectivity index (χ1n) is 6.05. The Morgan fingerprint density at radius 2 is 2.05 bits per heavy atom. The van der Waals surface area contributed by atoms with Gasteiger partial charge < -0.3 is 14.2 Å². The molecular weight excluding hydrogens is 350 g/mol. The van der Waals surface area contributed by atoms with Gasteiger partial charge in [0, 0.05) is 19.7 Å². The van der Waals surface area contributed by atoms with Crippen LogP contribution in [0.2, 0.25) is 0 Å². The van der Waals surface area contributed by atoms with Crippen molar-refractivity contribution in [2.45, 2.75) is 9.72 Å². The molecule has 1 aromatic carbocycles. The molecule has 0 saturated carbocycles. The number of halogens is 1. The number of rotatable bonds is 6. The van der Waals surface area contributed by atoms with E-state index < -0.39 is 10.0 Å². The van der Waals surface area contributed by atoms with E-state index in [1.165, 1.54) is 12.1 Å². The summed E-state index contributed by atoms with van der Waals surface area (Å²) >= 11 is 3.33. The van der Waals surface area contributed by atoms with Gasteiger partial charge in [-0.3, -0.25) is 0 Å². The largest absolute Gasteiger partial charge is 0.486 e. The van der Waals surface area contributed by atoms with Crippen molar-refractivity contribution >= 4 is 26.0 Å². The fraction of sp³-hybridized carbons (Fsp3) is 0.500. The summed E-state index contributed by atoms with van der Waals surface area (Å²) < 4.78 is 42.5. The van der Waals surface area contributed by atoms with E-state index in [2.05, 4.69) is 20.7 Å². The molecule has 2 rings (SSSR count). The summed E-state index contributed by atoms with van der Waals surface area (Å²) in [5, 5.41) is 0. The number of hydrogen-bond acceptors (Lipinski definition) is 5. The fourth-order valence-corrected chi connectivity index (χ4v) is 3.45. The van der Waals surface area contributed by atoms with Crippen LogP contribution in [0, 0.1) is 0 Å². The molecule has 20 heavy (non-hydrogen) atoms. The summed E-state index contributed by atoms with van der Waals surface area (Å²) in [7, 11) is -2.02. The van der Waals surface area contributed by atoms with Crippen molar-refractivity contribution in [3.63, 3.8) is 0 Å². The van der Waals surface area contributed by atoms with E-state index in [4.69, 9.17) is 14.2 Å². The van der Waals surface area contributed by atoms with Crippen molar-refractivity contribution in [2.24, 2.45) is 0 Å². The van der Waals surface area contributed by atoms with Crippen LogP contribution in [0.15, 0.2) is 23.1 Å². The molecule has 8 heteroatoms. The Labute approximate surface area is 126 Å². The van der Waals surface area contributed by atoms with Gasteiger partial charge in [-0.05, 0) is 12.1 Å². The van der Waals surface area contributed by atoms with Gasteiger partial charge in [0.05, 0.1) is 16.3 Å². The number of alkyl halides is 1. The molecular formula is C12H16BrNO5S. The molecule has 0 amide bonds. The summed E-state index contributed by atoms with van der Waals surface area (Å²) in [4.78, 5) is 0.0679. The molecule has 6 nitrogen and oxygen atoms in total. The normalized spacial score (nSPS) is 15.9. The molecule has 0 aromatic heterocycles. The molecule has 1 N–H and O–H groups in total. The second-order valence-corrected chi connectivity index (χ2v) is 7.27. The summed E-state index contributed by atoms with van der Waals surface area (Å²) in [5.41, 5.74) is 0. The highest BCUT2D eigenvalue weighted by Crippen LogP contribution is 2.32. The first-order valence-corrected chi connectivity index (χ1v) is 8.45. The van der Waals surface area contributed by atoms with Crippen LogP contribution in [0.4, 0.5) is 0 Å². The quantitative estimate of drug-likeness (QED) is 0.765. The van der Waals surface area contributed by atoms with Gasteiger partial charge in [0.25, 0.3) is 0 Å². The summed E-state index contributed by atoms with van der Waals surface area (Å²) in [5.74, 6) is 1.01. The highest BCUT2D eigenvalue weighted by molar-refractivity contribution is 9.09. The van der Waals surface area contributed by atoms with Crippen LogP contribution >= 0.6 is 15.9 Å². The highest BCUT2D eigenvalue weighted by Gasteiger charge is 2.20. The lowest BCUT2D eigenvalue weighted by Crippen LogP contribution is -2.31. The zero-order valence-electron chi connectivity index (χ0n) is 11.0. The number of benzene rings is 1. The van der Waals surface area contributed by atoms with E-state index in [0.717, 1.165) is 0 Å². The molecule has 1 aliphatic rings. The van der Waals surface area contributed by atoms with Gasteiger partial charge in [0.1, 0.15) is 13.2 Å². The van der Waals surface area contributed by atoms with Crippen LogP contribution in [-0.2, 0) is 14.8 Å². The van der Waals surface area contributed by atoms with Gasteiger partial charge in [-0.25, -0.2) is 13.1 Å². The van der Waals surface area contributed by atoms with Gasteiger partial charge in [-0.15, -0.1) is 0 Å². The Bertz CT molecular complexity index is 563. The van der Waals surface area contributed by atoms with Crippen LogP contribution in [0.3, 0.4) is 0 Å². The minimum atomic E-state index is -3.58. The standard InChI is InChI=1S/C12H16BrNO5S/c1-17-8-9(13)7-14-20(15,16)10-2-3-11-12(6-10)19-5-4-18-11/h2-3,6,9,14H,4-5,7-8H2,1H3. The van der Waals surface area contributed by atoms with E-state index in [1.54, 1.807) is 13.2 Å². The zero-order chi connectivity index (χ0) is 14.6. The second kappa shape index (κ2) is 6.75. The molecule has 1 heterocycles. The topological polar surface area (TPSA) is 73.9 Å². The van der Waals surface area contributed by atoms with E-state index >= 15 is 0 Å². The monoisotopic (exact) mass is 365 g/mol. The van der Waals surface area contributed by atoms with Gasteiger partial charge >= 0.3 is 0 Å². The molecule has 1 atom stereocenters. The highest BCUT2D eigenvalue weighted by atomic mass is 79.9. The van der Waals surface area contributed by atoms with Crippen LogP contribution in [0.25, 0.3) is 0 Å². The number of fused-ring (bicyclic) bond motifs is 1. The van der Waals surface area contributed by atoms with Gasteiger partial charge in [0.2, 0.25) is 10.0 Å². The smallest absolute Gasteiger partial charge is 0.240 e. The summed E-state index contributed by atoms with van der Waals surface area (Å²) in [6.07, 6.45) is 0. The Morgan fingerprint density at radius 1 is 1.35 bits per heavy atom. The maximum absolute atomic E-state index is 12.2. The molecule has 0 bridgehead atoms. The second-order valence-electron chi connectivity index (χ2n) is 4.21. The van der Waals surface area contributed by atoms with Crippen LogP contribution in [0.1, 0.15) is 0 Å². The number of nitrogens with one attached hydrogen (secondary N) is 1. The van der Waals surface area contributed by atoms with Crippen molar-refractivity contribution in [3.8, 4) is 11.5 Å². The Morgan fingerprint density at radius 3 is 2.75 bits per heavy atom. The molecule has 0 spiro atoms. The Hall–Kier alpha value is -0.830. The van der Waals surface area contributed by atoms with Crippen molar-refractivity contribution in [1.29, 1.82) is 0 Å². The maximum atomic E-state index is 12.2. The molecule has 0 fully saturated rings. The van der Waals surface area contributed by atoms with Gasteiger partial charge in [-0.2, -0.15) is 0 Å². The molecule has 1 aromatic rings. The minimum absolute atomic E-state index is 0.0838. The average Bonchev–Trinajstić information content (AvgIpc) is 2.45. The van der Waals surface area contributed by atoms with Crippen LogP contribution in [0.5, 0.6) is 11.5 Å². The molecule has 1 unspecified atom stereocenters. The minimum Gasteiger partial charge on any atom is -0.486 e. The molecule has 0 radical (unpaired) electrons. The lowest BCUT2D eigenvalue weighted by atomic mass is 10.3. The van der Waals surface area contributed by atoms with Crippen LogP contribution < -0.4 is 14.2 Å². The predicted molar refractivity (Wildman–Crippen MR) is 77.2 cm³/mol. The van der Waals surface area contributed by atoms with Gasteiger partial charge in [-0.1, -0.05) is 15.9 Å². The first-order chi connectivity index (χ1) is 9.53. The SMILES string of the molecule is COCC(Br)CNS(=O)(=O)c1ccc2c(c1)OCCO2. The van der Waals surface area contributed by atoms with E-state index in [9.17, 15) is 8.42 Å². The lowest BCUT2D eigenvalue weighted by Gasteiger charge is -2.19. The molecule has 0 aliphatic carbocycles. The van der Waals surface area contributed by atoms with Crippen molar-refractivity contribution in [1.82, 2.24) is 4.72 Å². The fourth-order valence-electron chi connectivity index (χ4n) is 1.71. The third-order valence-corrected chi connectivity index (χ3v) is 4.68. The number of methoxy groups -OCH3 is 1. The third kappa shape index (κ3) is 3.85. The van der Waals surface area contributed by atoms with E-state index in [0.29, 0.717) is 31.3 Å². The number of sulfonamides is 1.